The summed E-state index contributed by atoms with van der Waals surface area (Å²) in [5, 5.41) is 12.7. The smallest absolute Gasteiger partial charge is 0.282 e. The molecule has 1 aliphatic heterocycles. The molecule has 0 bridgehead atoms. The first-order valence-electron chi connectivity index (χ1n) is 9.74. The number of methoxy groups -OCH3 is 1. The van der Waals surface area contributed by atoms with Crippen LogP contribution in [0.2, 0.25) is 5.02 Å². The van der Waals surface area contributed by atoms with E-state index in [2.05, 4.69) is 5.32 Å². The van der Waals surface area contributed by atoms with Crippen molar-refractivity contribution < 1.29 is 14.3 Å². The van der Waals surface area contributed by atoms with Gasteiger partial charge in [-0.2, -0.15) is 5.26 Å². The summed E-state index contributed by atoms with van der Waals surface area (Å²) in [5.74, 6) is -0.543. The highest BCUT2D eigenvalue weighted by Crippen LogP contribution is 2.38. The Kier molecular flexibility index (Phi) is 5.67. The largest absolute Gasteiger partial charge is 0.496 e. The van der Waals surface area contributed by atoms with Gasteiger partial charge < -0.3 is 10.1 Å². The zero-order valence-electron chi connectivity index (χ0n) is 17.3. The first kappa shape index (κ1) is 21.2. The van der Waals surface area contributed by atoms with E-state index < -0.39 is 11.8 Å². The Balaban J connectivity index is 1.87. The molecule has 7 heteroatoms. The second-order valence-electron chi connectivity index (χ2n) is 7.14. The van der Waals surface area contributed by atoms with Gasteiger partial charge in [0.05, 0.1) is 30.0 Å². The molecule has 0 unspecified atom stereocenters. The maximum Gasteiger partial charge on any atom is 0.282 e. The maximum atomic E-state index is 13.6. The molecule has 0 aromatic heterocycles. The first-order valence-corrected chi connectivity index (χ1v) is 10.1. The summed E-state index contributed by atoms with van der Waals surface area (Å²) < 4.78 is 5.45. The Bertz CT molecular complexity index is 1310. The lowest BCUT2D eigenvalue weighted by atomic mass is 10.0. The lowest BCUT2D eigenvalue weighted by Gasteiger charge is -2.16. The van der Waals surface area contributed by atoms with Crippen LogP contribution >= 0.6 is 11.6 Å². The Morgan fingerprint density at radius 2 is 1.72 bits per heavy atom. The molecule has 0 saturated heterocycles. The lowest BCUT2D eigenvalue weighted by molar-refractivity contribution is -0.120. The maximum absolute atomic E-state index is 13.6. The predicted molar refractivity (Wildman–Crippen MR) is 123 cm³/mol. The molecule has 0 saturated carbocycles. The zero-order valence-corrected chi connectivity index (χ0v) is 18.1. The number of hydrogen-bond donors (Lipinski definition) is 1. The number of nitrogens with zero attached hydrogens (tertiary/aromatic N) is 2. The van der Waals surface area contributed by atoms with Gasteiger partial charge >= 0.3 is 0 Å². The fourth-order valence-corrected chi connectivity index (χ4v) is 3.70. The quantitative estimate of drug-likeness (QED) is 0.565. The van der Waals surface area contributed by atoms with Crippen molar-refractivity contribution in [3.05, 3.63) is 94.1 Å². The van der Waals surface area contributed by atoms with Crippen molar-refractivity contribution in [3.8, 4) is 11.8 Å². The molecular formula is C25H18ClN3O3. The van der Waals surface area contributed by atoms with Crippen LogP contribution in [-0.4, -0.2) is 18.9 Å². The van der Waals surface area contributed by atoms with Crippen LogP contribution in [0.5, 0.6) is 5.75 Å². The van der Waals surface area contributed by atoms with Crippen molar-refractivity contribution in [3.63, 3.8) is 0 Å². The van der Waals surface area contributed by atoms with E-state index in [4.69, 9.17) is 21.6 Å². The fraction of sp³-hybridized carbons (Fsp3) is 0.0800. The third-order valence-electron chi connectivity index (χ3n) is 5.17. The van der Waals surface area contributed by atoms with E-state index in [1.54, 1.807) is 60.7 Å². The standard InChI is InChI=1S/C25H18ClN3O3/c1-15-7-10-17(26)13-20(15)28-23-22(19-5-3-4-6-21(19)32-2)24(30)29(25(23)31)18-11-8-16(14-27)9-12-18/h3-13,28H,1-2H3. The zero-order chi connectivity index (χ0) is 22.8. The molecule has 4 rings (SSSR count). The average Bonchev–Trinajstić information content (AvgIpc) is 3.05. The van der Waals surface area contributed by atoms with Gasteiger partial charge in [0.15, 0.2) is 0 Å². The van der Waals surface area contributed by atoms with Gasteiger partial charge in [-0.1, -0.05) is 35.9 Å². The highest BCUT2D eigenvalue weighted by molar-refractivity contribution is 6.46. The molecule has 0 fully saturated rings. The van der Waals surface area contributed by atoms with Gasteiger partial charge in [-0.05, 0) is 55.0 Å². The van der Waals surface area contributed by atoms with Crippen LogP contribution < -0.4 is 15.0 Å². The number of benzene rings is 3. The van der Waals surface area contributed by atoms with Gasteiger partial charge in [-0.3, -0.25) is 9.59 Å². The molecule has 3 aromatic carbocycles. The van der Waals surface area contributed by atoms with Gasteiger partial charge in [0.2, 0.25) is 0 Å². The predicted octanol–water partition coefficient (Wildman–Crippen LogP) is 4.93. The minimum Gasteiger partial charge on any atom is -0.496 e. The number of aryl methyl sites for hydroxylation is 1. The Hall–Kier alpha value is -4.08. The average molecular weight is 444 g/mol. The fourth-order valence-electron chi connectivity index (χ4n) is 3.53. The van der Waals surface area contributed by atoms with Gasteiger partial charge in [-0.15, -0.1) is 0 Å². The van der Waals surface area contributed by atoms with Crippen LogP contribution in [-0.2, 0) is 9.59 Å². The molecule has 1 aliphatic rings. The van der Waals surface area contributed by atoms with Crippen molar-refractivity contribution in [1.29, 1.82) is 5.26 Å². The SMILES string of the molecule is COc1ccccc1C1=C(Nc2cc(Cl)ccc2C)C(=O)N(c2ccc(C#N)cc2)C1=O. The summed E-state index contributed by atoms with van der Waals surface area (Å²) >= 11 is 6.16. The summed E-state index contributed by atoms with van der Waals surface area (Å²) in [5.41, 5.74) is 3.07. The second kappa shape index (κ2) is 8.58. The number of rotatable bonds is 5. The monoisotopic (exact) mass is 443 g/mol. The summed E-state index contributed by atoms with van der Waals surface area (Å²) in [6, 6.07) is 20.6. The summed E-state index contributed by atoms with van der Waals surface area (Å²) in [7, 11) is 1.51. The lowest BCUT2D eigenvalue weighted by Crippen LogP contribution is -2.32. The van der Waals surface area contributed by atoms with E-state index in [1.165, 1.54) is 7.11 Å². The van der Waals surface area contributed by atoms with Crippen molar-refractivity contribution in [2.45, 2.75) is 6.92 Å². The van der Waals surface area contributed by atoms with E-state index >= 15 is 0 Å². The van der Waals surface area contributed by atoms with Gasteiger partial charge in [0, 0.05) is 16.3 Å². The minimum absolute atomic E-state index is 0.120. The number of imide groups is 1. The van der Waals surface area contributed by atoms with Crippen molar-refractivity contribution in [1.82, 2.24) is 0 Å². The molecule has 0 aliphatic carbocycles. The molecule has 0 radical (unpaired) electrons. The number of para-hydroxylation sites is 1. The van der Waals surface area contributed by atoms with Crippen LogP contribution in [0.15, 0.2) is 72.4 Å². The highest BCUT2D eigenvalue weighted by atomic mass is 35.5. The van der Waals surface area contributed by atoms with Crippen LogP contribution in [0.1, 0.15) is 16.7 Å². The number of nitriles is 1. The highest BCUT2D eigenvalue weighted by Gasteiger charge is 2.41. The van der Waals surface area contributed by atoms with Crippen LogP contribution in [0.3, 0.4) is 0 Å². The van der Waals surface area contributed by atoms with Crippen molar-refractivity contribution in [2.75, 3.05) is 17.3 Å². The van der Waals surface area contributed by atoms with E-state index in [0.717, 1.165) is 10.5 Å². The number of hydrogen-bond acceptors (Lipinski definition) is 5. The molecule has 2 amide bonds. The number of halogens is 1. The topological polar surface area (TPSA) is 82.4 Å². The van der Waals surface area contributed by atoms with Crippen LogP contribution in [0, 0.1) is 18.3 Å². The van der Waals surface area contributed by atoms with Crippen molar-refractivity contribution in [2.24, 2.45) is 0 Å². The number of ether oxygens (including phenoxy) is 1. The number of carbonyl (C=O) groups is 2. The number of nitrogens with one attached hydrogen (secondary N) is 1. The molecule has 6 nitrogen and oxygen atoms in total. The van der Waals surface area contributed by atoms with Crippen LogP contribution in [0.4, 0.5) is 11.4 Å². The van der Waals surface area contributed by atoms with Gasteiger partial charge in [0.1, 0.15) is 11.4 Å². The summed E-state index contributed by atoms with van der Waals surface area (Å²) in [4.78, 5) is 28.1. The molecule has 0 atom stereocenters. The third kappa shape index (κ3) is 3.70. The molecular weight excluding hydrogens is 426 g/mol. The number of anilines is 2. The van der Waals surface area contributed by atoms with E-state index in [1.807, 2.05) is 19.1 Å². The van der Waals surface area contributed by atoms with Gasteiger partial charge in [-0.25, -0.2) is 4.90 Å². The molecule has 3 aromatic rings. The summed E-state index contributed by atoms with van der Waals surface area (Å²) in [6.07, 6.45) is 0. The van der Waals surface area contributed by atoms with E-state index in [0.29, 0.717) is 33.3 Å². The summed E-state index contributed by atoms with van der Waals surface area (Å²) in [6.45, 7) is 1.88. The molecule has 158 valence electrons. The first-order chi connectivity index (χ1) is 15.4. The number of amides is 2. The minimum atomic E-state index is -0.514. The number of carbonyl (C=O) groups excluding carboxylic acids is 2. The third-order valence-corrected chi connectivity index (χ3v) is 5.41. The van der Waals surface area contributed by atoms with Crippen LogP contribution in [0.25, 0.3) is 5.57 Å². The molecule has 1 heterocycles. The normalized spacial score (nSPS) is 13.4. The molecule has 0 spiro atoms. The van der Waals surface area contributed by atoms with Gasteiger partial charge in [0.25, 0.3) is 11.8 Å². The van der Waals surface area contributed by atoms with E-state index in [9.17, 15) is 9.59 Å². The Labute approximate surface area is 190 Å². The van der Waals surface area contributed by atoms with Crippen molar-refractivity contribution >= 4 is 40.4 Å². The molecule has 32 heavy (non-hydrogen) atoms. The second-order valence-corrected chi connectivity index (χ2v) is 7.58. The van der Waals surface area contributed by atoms with E-state index in [-0.39, 0.29) is 11.3 Å². The Morgan fingerprint density at radius 3 is 2.41 bits per heavy atom. The molecule has 1 N–H and O–H groups in total. The Morgan fingerprint density at radius 1 is 1.00 bits per heavy atom.